The summed E-state index contributed by atoms with van der Waals surface area (Å²) in [5, 5.41) is 18.7. The van der Waals surface area contributed by atoms with E-state index in [-0.39, 0.29) is 11.6 Å². The maximum absolute atomic E-state index is 13.3. The van der Waals surface area contributed by atoms with Gasteiger partial charge in [0, 0.05) is 23.6 Å². The zero-order valence-corrected chi connectivity index (χ0v) is 15.3. The van der Waals surface area contributed by atoms with Crippen LogP contribution in [0.2, 0.25) is 0 Å². The van der Waals surface area contributed by atoms with Crippen LogP contribution in [0.1, 0.15) is 5.56 Å². The predicted octanol–water partition coefficient (Wildman–Crippen LogP) is 4.63. The first-order valence-electron chi connectivity index (χ1n) is 8.32. The summed E-state index contributed by atoms with van der Waals surface area (Å²) in [6.45, 7) is 0. The molecule has 134 valence electrons. The Kier molecular flexibility index (Phi) is 4.56. The van der Waals surface area contributed by atoms with E-state index in [2.05, 4.69) is 10.1 Å². The predicted molar refractivity (Wildman–Crippen MR) is 108 cm³/mol. The molecule has 3 aromatic carbocycles. The molecule has 1 aromatic heterocycles. The molecular formula is C21H16FN3OS. The Morgan fingerprint density at radius 2 is 1.81 bits per heavy atom. The monoisotopic (exact) mass is 377 g/mol. The number of halogens is 1. The first kappa shape index (κ1) is 17.2. The normalized spacial score (nSPS) is 12.3. The molecule has 1 N–H and O–H groups in total. The summed E-state index contributed by atoms with van der Waals surface area (Å²) in [6.07, 6.45) is 1.63. The highest BCUT2D eigenvalue weighted by molar-refractivity contribution is 7.07. The Morgan fingerprint density at radius 3 is 2.59 bits per heavy atom. The van der Waals surface area contributed by atoms with Crippen molar-refractivity contribution in [1.82, 2.24) is 4.68 Å². The lowest BCUT2D eigenvalue weighted by Gasteiger charge is -2.06. The lowest BCUT2D eigenvalue weighted by atomic mass is 10.0. The van der Waals surface area contributed by atoms with Gasteiger partial charge in [0.2, 0.25) is 4.80 Å². The Hall–Kier alpha value is -3.25. The molecule has 0 aliphatic carbocycles. The van der Waals surface area contributed by atoms with Crippen molar-refractivity contribution in [2.45, 2.75) is 0 Å². The van der Waals surface area contributed by atoms with Crippen LogP contribution < -0.4 is 4.80 Å². The van der Waals surface area contributed by atoms with E-state index < -0.39 is 0 Å². The molecule has 27 heavy (non-hydrogen) atoms. The number of phenols is 1. The van der Waals surface area contributed by atoms with Crippen LogP contribution in [0.5, 0.6) is 5.75 Å². The van der Waals surface area contributed by atoms with Crippen molar-refractivity contribution in [3.8, 4) is 17.0 Å². The molecule has 0 fully saturated rings. The zero-order chi connectivity index (χ0) is 18.8. The minimum absolute atomic E-state index is 0.159. The summed E-state index contributed by atoms with van der Waals surface area (Å²) in [7, 11) is 1.70. The number of rotatable bonds is 3. The third kappa shape index (κ3) is 3.27. The molecule has 4 nitrogen and oxygen atoms in total. The maximum Gasteiger partial charge on any atom is 0.205 e. The second-order valence-electron chi connectivity index (χ2n) is 5.91. The number of phenolic OH excluding ortho intramolecular Hbond substituents is 1. The molecule has 0 amide bonds. The van der Waals surface area contributed by atoms with E-state index in [1.165, 1.54) is 23.5 Å². The molecule has 0 bridgehead atoms. The minimum Gasteiger partial charge on any atom is -0.507 e. The van der Waals surface area contributed by atoms with E-state index in [1.807, 2.05) is 35.7 Å². The summed E-state index contributed by atoms with van der Waals surface area (Å²) < 4.78 is 14.9. The van der Waals surface area contributed by atoms with Crippen molar-refractivity contribution in [3.05, 3.63) is 82.2 Å². The minimum atomic E-state index is -0.287. The fourth-order valence-electron chi connectivity index (χ4n) is 2.92. The molecule has 0 aliphatic rings. The van der Waals surface area contributed by atoms with Crippen molar-refractivity contribution < 1.29 is 9.50 Å². The lowest BCUT2D eigenvalue weighted by molar-refractivity contribution is 0.475. The summed E-state index contributed by atoms with van der Waals surface area (Å²) in [5.41, 5.74) is 2.28. The van der Waals surface area contributed by atoms with Crippen molar-refractivity contribution in [1.29, 1.82) is 0 Å². The van der Waals surface area contributed by atoms with Crippen LogP contribution in [0.25, 0.3) is 22.0 Å². The van der Waals surface area contributed by atoms with Crippen LogP contribution in [-0.4, -0.2) is 23.0 Å². The number of hydrogen-bond donors (Lipinski definition) is 1. The smallest absolute Gasteiger partial charge is 0.205 e. The fraction of sp³-hybridized carbons (Fsp3) is 0.0476. The van der Waals surface area contributed by atoms with E-state index in [0.29, 0.717) is 10.4 Å². The quantitative estimate of drug-likeness (QED) is 0.520. The topological polar surface area (TPSA) is 49.9 Å². The fourth-order valence-corrected chi connectivity index (χ4v) is 3.72. The summed E-state index contributed by atoms with van der Waals surface area (Å²) >= 11 is 1.44. The average Bonchev–Trinajstić information content (AvgIpc) is 3.10. The SMILES string of the molecule is CN=c1scc(-c2ccc(F)cc2)n1N=Cc1c(O)ccc2ccccc12. The number of fused-ring (bicyclic) bond motifs is 1. The van der Waals surface area contributed by atoms with Gasteiger partial charge in [-0.05, 0) is 41.1 Å². The van der Waals surface area contributed by atoms with Crippen LogP contribution in [-0.2, 0) is 0 Å². The Bertz CT molecular complexity index is 1210. The molecule has 0 spiro atoms. The van der Waals surface area contributed by atoms with Crippen molar-refractivity contribution in [3.63, 3.8) is 0 Å². The van der Waals surface area contributed by atoms with Crippen molar-refractivity contribution >= 4 is 28.3 Å². The zero-order valence-electron chi connectivity index (χ0n) is 14.5. The Labute approximate surface area is 159 Å². The average molecular weight is 377 g/mol. The second kappa shape index (κ2) is 7.17. The molecule has 0 saturated heterocycles. The third-order valence-electron chi connectivity index (χ3n) is 4.27. The Morgan fingerprint density at radius 1 is 1.04 bits per heavy atom. The number of nitrogens with zero attached hydrogens (tertiary/aromatic N) is 3. The number of hydrogen-bond acceptors (Lipinski definition) is 4. The van der Waals surface area contributed by atoms with Gasteiger partial charge < -0.3 is 5.11 Å². The van der Waals surface area contributed by atoms with Crippen LogP contribution >= 0.6 is 11.3 Å². The van der Waals surface area contributed by atoms with Crippen molar-refractivity contribution in [2.75, 3.05) is 7.05 Å². The van der Waals surface area contributed by atoms with Gasteiger partial charge in [-0.25, -0.2) is 9.07 Å². The maximum atomic E-state index is 13.3. The first-order chi connectivity index (χ1) is 13.2. The summed E-state index contributed by atoms with van der Waals surface area (Å²) in [5.74, 6) is -0.128. The van der Waals surface area contributed by atoms with Crippen molar-refractivity contribution in [2.24, 2.45) is 10.1 Å². The van der Waals surface area contributed by atoms with Gasteiger partial charge in [-0.3, -0.25) is 4.99 Å². The number of aromatic nitrogens is 1. The molecule has 0 aliphatic heterocycles. The van der Waals surface area contributed by atoms with Gasteiger partial charge >= 0.3 is 0 Å². The summed E-state index contributed by atoms with van der Waals surface area (Å²) in [6, 6.07) is 17.6. The molecule has 1 heterocycles. The molecule has 0 unspecified atom stereocenters. The lowest BCUT2D eigenvalue weighted by Crippen LogP contribution is -2.11. The van der Waals surface area contributed by atoms with Gasteiger partial charge in [-0.15, -0.1) is 11.3 Å². The molecule has 0 saturated carbocycles. The van der Waals surface area contributed by atoms with E-state index in [4.69, 9.17) is 0 Å². The van der Waals surface area contributed by atoms with Gasteiger partial charge in [0.15, 0.2) is 0 Å². The molecule has 6 heteroatoms. The van der Waals surface area contributed by atoms with Crippen LogP contribution in [0.3, 0.4) is 0 Å². The highest BCUT2D eigenvalue weighted by Gasteiger charge is 2.09. The van der Waals surface area contributed by atoms with Gasteiger partial charge in [0.05, 0.1) is 11.9 Å². The first-order valence-corrected chi connectivity index (χ1v) is 9.20. The molecule has 4 rings (SSSR count). The number of benzene rings is 3. The van der Waals surface area contributed by atoms with E-state index in [9.17, 15) is 9.50 Å². The van der Waals surface area contributed by atoms with Gasteiger partial charge in [0.25, 0.3) is 0 Å². The highest BCUT2D eigenvalue weighted by Crippen LogP contribution is 2.26. The largest absolute Gasteiger partial charge is 0.507 e. The molecule has 0 atom stereocenters. The Balaban J connectivity index is 1.85. The molecular weight excluding hydrogens is 361 g/mol. The molecule has 4 aromatic rings. The van der Waals surface area contributed by atoms with E-state index in [0.717, 1.165) is 22.0 Å². The second-order valence-corrected chi connectivity index (χ2v) is 6.75. The highest BCUT2D eigenvalue weighted by atomic mass is 32.1. The van der Waals surface area contributed by atoms with Gasteiger partial charge in [-0.1, -0.05) is 30.3 Å². The molecule has 0 radical (unpaired) electrons. The van der Waals surface area contributed by atoms with Crippen LogP contribution in [0.4, 0.5) is 4.39 Å². The standard InChI is InChI=1S/C21H16FN3OS/c1-23-21-25(19(13-27-21)15-6-9-16(22)10-7-15)24-12-18-17-5-3-2-4-14(17)8-11-20(18)26/h2-13,26H,1H3. The number of aromatic hydroxyl groups is 1. The van der Waals surface area contributed by atoms with Gasteiger partial charge in [0.1, 0.15) is 11.6 Å². The number of thiazole rings is 1. The van der Waals surface area contributed by atoms with Gasteiger partial charge in [-0.2, -0.15) is 5.10 Å². The third-order valence-corrected chi connectivity index (χ3v) is 5.17. The van der Waals surface area contributed by atoms with E-state index in [1.54, 1.807) is 36.1 Å². The van der Waals surface area contributed by atoms with Crippen LogP contribution in [0.15, 0.2) is 76.1 Å². The van der Waals surface area contributed by atoms with E-state index >= 15 is 0 Å². The summed E-state index contributed by atoms with van der Waals surface area (Å²) in [4.78, 5) is 4.96. The van der Waals surface area contributed by atoms with Crippen LogP contribution in [0, 0.1) is 5.82 Å².